The summed E-state index contributed by atoms with van der Waals surface area (Å²) in [7, 11) is 1.51. The minimum atomic E-state index is -4.60. The highest BCUT2D eigenvalue weighted by Gasteiger charge is 2.34. The summed E-state index contributed by atoms with van der Waals surface area (Å²) in [4.78, 5) is 26.0. The van der Waals surface area contributed by atoms with Crippen LogP contribution < -0.4 is 10.6 Å². The first kappa shape index (κ1) is 23.0. The maximum Gasteiger partial charge on any atom is 0.418 e. The van der Waals surface area contributed by atoms with Crippen LogP contribution in [0.1, 0.15) is 12.5 Å². The fourth-order valence-corrected chi connectivity index (χ4v) is 2.71. The first-order valence-corrected chi connectivity index (χ1v) is 9.17. The molecule has 0 heterocycles. The highest BCUT2D eigenvalue weighted by Crippen LogP contribution is 2.34. The molecular weight excluding hydrogens is 430 g/mol. The molecule has 10 heteroatoms. The second-order valence-corrected chi connectivity index (χ2v) is 7.12. The molecule has 0 saturated carbocycles. The Morgan fingerprint density at radius 3 is 2.34 bits per heavy atom. The van der Waals surface area contributed by atoms with Gasteiger partial charge in [-0.05, 0) is 44.3 Å². The van der Waals surface area contributed by atoms with Crippen LogP contribution in [0.5, 0.6) is 0 Å². The van der Waals surface area contributed by atoms with Gasteiger partial charge in [-0.15, -0.1) is 0 Å². The van der Waals surface area contributed by atoms with E-state index < -0.39 is 29.6 Å². The van der Waals surface area contributed by atoms with E-state index in [9.17, 15) is 22.8 Å². The van der Waals surface area contributed by atoms with Crippen LogP contribution in [0.2, 0.25) is 10.0 Å². The summed E-state index contributed by atoms with van der Waals surface area (Å²) in [6.07, 6.45) is -4.60. The van der Waals surface area contributed by atoms with Crippen LogP contribution in [0, 0.1) is 0 Å². The minimum Gasteiger partial charge on any atom is -0.325 e. The summed E-state index contributed by atoms with van der Waals surface area (Å²) >= 11 is 11.7. The summed E-state index contributed by atoms with van der Waals surface area (Å²) in [6.45, 7) is 1.31. The van der Waals surface area contributed by atoms with Gasteiger partial charge in [-0.3, -0.25) is 14.5 Å². The molecule has 29 heavy (non-hydrogen) atoms. The first-order chi connectivity index (χ1) is 13.5. The molecule has 0 spiro atoms. The number of nitrogens with zero attached hydrogens (tertiary/aromatic N) is 1. The predicted molar refractivity (Wildman–Crippen MR) is 107 cm³/mol. The van der Waals surface area contributed by atoms with Crippen LogP contribution in [-0.4, -0.2) is 36.3 Å². The molecule has 0 aliphatic carbocycles. The molecule has 0 aromatic heterocycles. The molecule has 2 amide bonds. The van der Waals surface area contributed by atoms with Gasteiger partial charge in [0.15, 0.2) is 0 Å². The third-order valence-electron chi connectivity index (χ3n) is 4.13. The van der Waals surface area contributed by atoms with E-state index in [1.807, 2.05) is 0 Å². The number of halogens is 5. The fraction of sp³-hybridized carbons (Fsp3) is 0.263. The molecule has 0 fully saturated rings. The smallest absolute Gasteiger partial charge is 0.325 e. The van der Waals surface area contributed by atoms with Crippen molar-refractivity contribution in [2.75, 3.05) is 24.2 Å². The number of anilines is 2. The van der Waals surface area contributed by atoms with E-state index in [0.717, 1.165) is 6.07 Å². The molecule has 2 aromatic rings. The number of carbonyl (C=O) groups excluding carboxylic acids is 2. The van der Waals surface area contributed by atoms with Crippen molar-refractivity contribution < 1.29 is 22.8 Å². The Morgan fingerprint density at radius 1 is 1.07 bits per heavy atom. The molecule has 0 bridgehead atoms. The van der Waals surface area contributed by atoms with E-state index in [1.165, 1.54) is 49.2 Å². The number of carbonyl (C=O) groups is 2. The van der Waals surface area contributed by atoms with E-state index in [2.05, 4.69) is 10.6 Å². The molecule has 1 atom stereocenters. The van der Waals surface area contributed by atoms with Crippen LogP contribution in [0.3, 0.4) is 0 Å². The number of rotatable bonds is 6. The van der Waals surface area contributed by atoms with Gasteiger partial charge < -0.3 is 10.6 Å². The zero-order chi connectivity index (χ0) is 21.8. The number of hydrogen-bond donors (Lipinski definition) is 2. The largest absolute Gasteiger partial charge is 0.418 e. The zero-order valence-corrected chi connectivity index (χ0v) is 17.0. The average molecular weight is 448 g/mol. The van der Waals surface area contributed by atoms with E-state index in [-0.39, 0.29) is 17.3 Å². The number of likely N-dealkylation sites (N-methyl/N-ethyl adjacent to an activating group) is 1. The standard InChI is InChI=1S/C19H18Cl2F3N3O2/c1-11(18(29)26-16-6-4-3-5-13(16)19(22,23)24)27(2)10-17(28)25-12-7-8-14(20)15(21)9-12/h3-9,11H,10H2,1-2H3,(H,25,28)(H,26,29). The van der Waals surface area contributed by atoms with Crippen LogP contribution in [-0.2, 0) is 15.8 Å². The molecule has 0 aliphatic rings. The third-order valence-corrected chi connectivity index (χ3v) is 4.87. The van der Waals surface area contributed by atoms with Crippen molar-refractivity contribution in [2.45, 2.75) is 19.1 Å². The van der Waals surface area contributed by atoms with Gasteiger partial charge in [0.05, 0.1) is 33.9 Å². The Hall–Kier alpha value is -2.29. The summed E-state index contributed by atoms with van der Waals surface area (Å²) in [5.41, 5.74) is -0.861. The van der Waals surface area contributed by atoms with Crippen LogP contribution >= 0.6 is 23.2 Å². The van der Waals surface area contributed by atoms with Gasteiger partial charge >= 0.3 is 6.18 Å². The molecule has 0 aliphatic heterocycles. The first-order valence-electron chi connectivity index (χ1n) is 8.41. The lowest BCUT2D eigenvalue weighted by atomic mass is 10.1. The summed E-state index contributed by atoms with van der Waals surface area (Å²) in [5, 5.41) is 5.49. The summed E-state index contributed by atoms with van der Waals surface area (Å²) in [6, 6.07) is 8.39. The van der Waals surface area contributed by atoms with Crippen LogP contribution in [0.25, 0.3) is 0 Å². The van der Waals surface area contributed by atoms with E-state index in [1.54, 1.807) is 6.07 Å². The van der Waals surface area contributed by atoms with Crippen molar-refractivity contribution in [3.8, 4) is 0 Å². The van der Waals surface area contributed by atoms with Crippen LogP contribution in [0.15, 0.2) is 42.5 Å². The van der Waals surface area contributed by atoms with Gasteiger partial charge in [0, 0.05) is 5.69 Å². The monoisotopic (exact) mass is 447 g/mol. The maximum absolute atomic E-state index is 13.1. The van der Waals surface area contributed by atoms with Crippen molar-refractivity contribution in [1.29, 1.82) is 0 Å². The zero-order valence-electron chi connectivity index (χ0n) is 15.5. The lowest BCUT2D eigenvalue weighted by Crippen LogP contribution is -2.43. The molecule has 2 aromatic carbocycles. The molecule has 0 saturated heterocycles. The van der Waals surface area contributed by atoms with E-state index >= 15 is 0 Å². The van der Waals surface area contributed by atoms with Crippen molar-refractivity contribution in [3.05, 3.63) is 58.1 Å². The second kappa shape index (κ2) is 9.47. The Balaban J connectivity index is 1.99. The molecule has 5 nitrogen and oxygen atoms in total. The number of benzene rings is 2. The number of hydrogen-bond acceptors (Lipinski definition) is 3. The maximum atomic E-state index is 13.1. The van der Waals surface area contributed by atoms with Crippen molar-refractivity contribution in [2.24, 2.45) is 0 Å². The molecular formula is C19H18Cl2F3N3O2. The second-order valence-electron chi connectivity index (χ2n) is 6.30. The van der Waals surface area contributed by atoms with Gasteiger partial charge in [-0.2, -0.15) is 13.2 Å². The topological polar surface area (TPSA) is 61.4 Å². The summed E-state index contributed by atoms with van der Waals surface area (Å²) in [5.74, 6) is -1.10. The highest BCUT2D eigenvalue weighted by molar-refractivity contribution is 6.42. The lowest BCUT2D eigenvalue weighted by molar-refractivity contribution is -0.137. The predicted octanol–water partition coefficient (Wildman–Crippen LogP) is 4.91. The van der Waals surface area contributed by atoms with Gasteiger partial charge in [-0.25, -0.2) is 0 Å². The van der Waals surface area contributed by atoms with Gasteiger partial charge in [0.2, 0.25) is 11.8 Å². The molecule has 2 rings (SSSR count). The Labute approximate surface area is 175 Å². The SMILES string of the molecule is CC(C(=O)Nc1ccccc1C(F)(F)F)N(C)CC(=O)Nc1ccc(Cl)c(Cl)c1. The number of amides is 2. The number of nitrogens with one attached hydrogen (secondary N) is 2. The molecule has 0 radical (unpaired) electrons. The van der Waals surface area contributed by atoms with Crippen molar-refractivity contribution in [3.63, 3.8) is 0 Å². The van der Waals surface area contributed by atoms with Crippen molar-refractivity contribution in [1.82, 2.24) is 4.90 Å². The quantitative estimate of drug-likeness (QED) is 0.661. The van der Waals surface area contributed by atoms with Gasteiger partial charge in [0.25, 0.3) is 0 Å². The minimum absolute atomic E-state index is 0.171. The van der Waals surface area contributed by atoms with E-state index in [0.29, 0.717) is 10.7 Å². The number of para-hydroxylation sites is 1. The molecule has 2 N–H and O–H groups in total. The average Bonchev–Trinajstić information content (AvgIpc) is 2.63. The van der Waals surface area contributed by atoms with Gasteiger partial charge in [-0.1, -0.05) is 35.3 Å². The van der Waals surface area contributed by atoms with Crippen molar-refractivity contribution >= 4 is 46.4 Å². The van der Waals surface area contributed by atoms with Gasteiger partial charge in [0.1, 0.15) is 0 Å². The number of alkyl halides is 3. The Kier molecular flexibility index (Phi) is 7.51. The lowest BCUT2D eigenvalue weighted by Gasteiger charge is -2.24. The fourth-order valence-electron chi connectivity index (χ4n) is 2.41. The Bertz CT molecular complexity index is 907. The Morgan fingerprint density at radius 2 is 1.72 bits per heavy atom. The molecule has 1 unspecified atom stereocenters. The summed E-state index contributed by atoms with van der Waals surface area (Å²) < 4.78 is 39.2. The normalized spacial score (nSPS) is 12.6. The third kappa shape index (κ3) is 6.35. The van der Waals surface area contributed by atoms with E-state index in [4.69, 9.17) is 23.2 Å². The molecule has 156 valence electrons. The van der Waals surface area contributed by atoms with Crippen LogP contribution in [0.4, 0.5) is 24.5 Å². The highest BCUT2D eigenvalue weighted by atomic mass is 35.5.